The largest absolute Gasteiger partial charge is 0.454 e. The average Bonchev–Trinajstić information content (AvgIpc) is 3.30. The molecule has 7 nitrogen and oxygen atoms in total. The molecule has 0 bridgehead atoms. The van der Waals surface area contributed by atoms with Gasteiger partial charge < -0.3 is 24.8 Å². The Bertz CT molecular complexity index is 755. The fourth-order valence-electron chi connectivity index (χ4n) is 3.40. The Kier molecular flexibility index (Phi) is 4.31. The third kappa shape index (κ3) is 3.19. The van der Waals surface area contributed by atoms with Gasteiger partial charge in [-0.2, -0.15) is 0 Å². The lowest BCUT2D eigenvalue weighted by Crippen LogP contribution is -2.32. The van der Waals surface area contributed by atoms with Crippen molar-refractivity contribution >= 4 is 11.6 Å². The zero-order valence-electron chi connectivity index (χ0n) is 14.2. The molecule has 4 rings (SSSR count). The molecule has 0 aliphatic carbocycles. The minimum atomic E-state index is 0.0597. The molecule has 132 valence electrons. The summed E-state index contributed by atoms with van der Waals surface area (Å²) in [4.78, 5) is 10.9. The van der Waals surface area contributed by atoms with E-state index < -0.39 is 0 Å². The van der Waals surface area contributed by atoms with Gasteiger partial charge in [0, 0.05) is 12.6 Å². The fourth-order valence-corrected chi connectivity index (χ4v) is 3.40. The highest BCUT2D eigenvalue weighted by molar-refractivity contribution is 5.52. The lowest BCUT2D eigenvalue weighted by Gasteiger charge is -2.24. The van der Waals surface area contributed by atoms with Gasteiger partial charge in [-0.3, -0.25) is 0 Å². The second-order valence-corrected chi connectivity index (χ2v) is 6.41. The van der Waals surface area contributed by atoms with Crippen molar-refractivity contribution in [3.8, 4) is 11.5 Å². The third-order valence-corrected chi connectivity index (χ3v) is 4.80. The van der Waals surface area contributed by atoms with Crippen molar-refractivity contribution in [1.29, 1.82) is 0 Å². The molecule has 2 aliphatic rings. The number of rotatable bonds is 5. The minimum Gasteiger partial charge on any atom is -0.454 e. The van der Waals surface area contributed by atoms with Gasteiger partial charge in [0.1, 0.15) is 18.0 Å². The van der Waals surface area contributed by atoms with E-state index in [0.717, 1.165) is 48.1 Å². The number of anilines is 2. The van der Waals surface area contributed by atoms with Crippen molar-refractivity contribution in [2.24, 2.45) is 0 Å². The summed E-state index contributed by atoms with van der Waals surface area (Å²) in [6.45, 7) is 3.42. The summed E-state index contributed by atoms with van der Waals surface area (Å²) in [5.41, 5.74) is 1.10. The average molecular weight is 342 g/mol. The first-order valence-corrected chi connectivity index (χ1v) is 8.60. The predicted octanol–water partition coefficient (Wildman–Crippen LogP) is 2.34. The van der Waals surface area contributed by atoms with E-state index in [0.29, 0.717) is 0 Å². The molecule has 1 aromatic heterocycles. The van der Waals surface area contributed by atoms with Gasteiger partial charge in [0.2, 0.25) is 6.79 Å². The normalized spacial score (nSPS) is 19.9. The van der Waals surface area contributed by atoms with Gasteiger partial charge in [0.25, 0.3) is 0 Å². The maximum Gasteiger partial charge on any atom is 0.231 e. The maximum atomic E-state index is 9.52. The fraction of sp³-hybridized carbons (Fsp3) is 0.444. The first-order valence-electron chi connectivity index (χ1n) is 8.60. The van der Waals surface area contributed by atoms with Gasteiger partial charge >= 0.3 is 0 Å². The van der Waals surface area contributed by atoms with Crippen LogP contribution < -0.4 is 19.7 Å². The number of fused-ring (bicyclic) bond motifs is 1. The predicted molar refractivity (Wildman–Crippen MR) is 94.1 cm³/mol. The second-order valence-electron chi connectivity index (χ2n) is 6.41. The van der Waals surface area contributed by atoms with E-state index >= 15 is 0 Å². The highest BCUT2D eigenvalue weighted by Crippen LogP contribution is 2.35. The van der Waals surface area contributed by atoms with Gasteiger partial charge in [-0.25, -0.2) is 9.97 Å². The number of hydrogen-bond acceptors (Lipinski definition) is 7. The van der Waals surface area contributed by atoms with Crippen LogP contribution in [0, 0.1) is 0 Å². The van der Waals surface area contributed by atoms with Gasteiger partial charge in [0.05, 0.1) is 18.7 Å². The molecule has 1 fully saturated rings. The molecule has 2 N–H and O–H groups in total. The Morgan fingerprint density at radius 3 is 3.04 bits per heavy atom. The minimum absolute atomic E-state index is 0.0597. The van der Waals surface area contributed by atoms with Crippen LogP contribution in [-0.2, 0) is 0 Å². The van der Waals surface area contributed by atoms with Gasteiger partial charge in [-0.05, 0) is 37.5 Å². The molecular formula is C18H22N4O3. The van der Waals surface area contributed by atoms with Crippen LogP contribution in [0.2, 0.25) is 0 Å². The zero-order chi connectivity index (χ0) is 17.2. The molecule has 0 unspecified atom stereocenters. The maximum absolute atomic E-state index is 9.52. The van der Waals surface area contributed by atoms with Crippen LogP contribution in [0.3, 0.4) is 0 Å². The molecule has 2 aromatic rings. The second kappa shape index (κ2) is 6.76. The summed E-state index contributed by atoms with van der Waals surface area (Å²) in [5.74, 6) is 3.17. The van der Waals surface area contributed by atoms with E-state index in [-0.39, 0.29) is 25.5 Å². The van der Waals surface area contributed by atoms with Crippen LogP contribution in [-0.4, -0.2) is 41.1 Å². The molecule has 3 heterocycles. The molecule has 2 atom stereocenters. The smallest absolute Gasteiger partial charge is 0.231 e. The van der Waals surface area contributed by atoms with Crippen LogP contribution in [0.5, 0.6) is 11.5 Å². The SMILES string of the molecule is C[C@H](Nc1cc(N2CCC[C@@H]2CO)ncn1)c1ccc2c(c1)OCO2. The van der Waals surface area contributed by atoms with Crippen LogP contribution in [0.4, 0.5) is 11.6 Å². The molecule has 0 spiro atoms. The van der Waals surface area contributed by atoms with Crippen molar-refractivity contribution in [3.63, 3.8) is 0 Å². The Hall–Kier alpha value is -2.54. The van der Waals surface area contributed by atoms with E-state index in [1.54, 1.807) is 6.33 Å². The molecular weight excluding hydrogens is 320 g/mol. The van der Waals surface area contributed by atoms with Crippen molar-refractivity contribution in [2.45, 2.75) is 31.8 Å². The van der Waals surface area contributed by atoms with E-state index in [9.17, 15) is 5.11 Å². The number of hydrogen-bond donors (Lipinski definition) is 2. The third-order valence-electron chi connectivity index (χ3n) is 4.80. The van der Waals surface area contributed by atoms with Crippen LogP contribution in [0.25, 0.3) is 0 Å². The Morgan fingerprint density at radius 2 is 2.16 bits per heavy atom. The Morgan fingerprint density at radius 1 is 1.28 bits per heavy atom. The molecule has 25 heavy (non-hydrogen) atoms. The van der Waals surface area contributed by atoms with Crippen LogP contribution in [0.1, 0.15) is 31.4 Å². The van der Waals surface area contributed by atoms with Crippen LogP contribution in [0.15, 0.2) is 30.6 Å². The van der Waals surface area contributed by atoms with E-state index in [4.69, 9.17) is 9.47 Å². The van der Waals surface area contributed by atoms with E-state index in [1.807, 2.05) is 24.3 Å². The van der Waals surface area contributed by atoms with Crippen molar-refractivity contribution < 1.29 is 14.6 Å². The lowest BCUT2D eigenvalue weighted by atomic mass is 10.1. The van der Waals surface area contributed by atoms with Crippen molar-refractivity contribution in [2.75, 3.05) is 30.2 Å². The van der Waals surface area contributed by atoms with E-state index in [1.165, 1.54) is 0 Å². The molecule has 0 saturated carbocycles. The number of ether oxygens (including phenoxy) is 2. The number of aliphatic hydroxyl groups is 1. The highest BCUT2D eigenvalue weighted by atomic mass is 16.7. The summed E-state index contributed by atoms with van der Waals surface area (Å²) in [7, 11) is 0. The van der Waals surface area contributed by atoms with Crippen LogP contribution >= 0.6 is 0 Å². The van der Waals surface area contributed by atoms with E-state index in [2.05, 4.69) is 27.1 Å². The summed E-state index contributed by atoms with van der Waals surface area (Å²) in [6, 6.07) is 8.09. The van der Waals surface area contributed by atoms with Gasteiger partial charge in [-0.1, -0.05) is 6.07 Å². The first kappa shape index (κ1) is 16.0. The quantitative estimate of drug-likeness (QED) is 0.863. The number of aliphatic hydroxyl groups excluding tert-OH is 1. The summed E-state index contributed by atoms with van der Waals surface area (Å²) < 4.78 is 10.8. The highest BCUT2D eigenvalue weighted by Gasteiger charge is 2.25. The molecule has 0 amide bonds. The zero-order valence-corrected chi connectivity index (χ0v) is 14.2. The molecule has 1 aromatic carbocycles. The van der Waals surface area contributed by atoms with Gasteiger partial charge in [-0.15, -0.1) is 0 Å². The number of benzene rings is 1. The van der Waals surface area contributed by atoms with Gasteiger partial charge in [0.15, 0.2) is 11.5 Å². The standard InChI is InChI=1S/C18H22N4O3/c1-12(13-4-5-15-16(7-13)25-11-24-15)21-17-8-18(20-10-19-17)22-6-2-3-14(22)9-23/h4-5,7-8,10,12,14,23H,2-3,6,9,11H2,1H3,(H,19,20,21)/t12-,14+/m0/s1. The molecule has 0 radical (unpaired) electrons. The molecule has 7 heteroatoms. The topological polar surface area (TPSA) is 79.7 Å². The Balaban J connectivity index is 1.50. The summed E-state index contributed by atoms with van der Waals surface area (Å²) in [6.07, 6.45) is 3.64. The van der Waals surface area contributed by atoms with Crippen molar-refractivity contribution in [1.82, 2.24) is 9.97 Å². The molecule has 2 aliphatic heterocycles. The number of aromatic nitrogens is 2. The summed E-state index contributed by atoms with van der Waals surface area (Å²) >= 11 is 0. The Labute approximate surface area is 146 Å². The van der Waals surface area contributed by atoms with Crippen molar-refractivity contribution in [3.05, 3.63) is 36.2 Å². The molecule has 1 saturated heterocycles. The summed E-state index contributed by atoms with van der Waals surface area (Å²) in [5, 5.41) is 12.9. The number of nitrogens with zero attached hydrogens (tertiary/aromatic N) is 3. The number of nitrogens with one attached hydrogen (secondary N) is 1. The first-order chi connectivity index (χ1) is 12.2. The monoisotopic (exact) mass is 342 g/mol. The lowest BCUT2D eigenvalue weighted by molar-refractivity contribution is 0.174.